The van der Waals surface area contributed by atoms with Crippen molar-refractivity contribution in [2.75, 3.05) is 12.4 Å². The number of hydrogen-bond donors (Lipinski definition) is 2. The van der Waals surface area contributed by atoms with Crippen LogP contribution in [0.25, 0.3) is 0 Å². The number of hydrogen-bond acceptors (Lipinski definition) is 4. The maximum atomic E-state index is 12.7. The number of anilines is 1. The van der Waals surface area contributed by atoms with Crippen LogP contribution in [-0.2, 0) is 13.1 Å². The van der Waals surface area contributed by atoms with E-state index in [0.29, 0.717) is 13.1 Å². The molecule has 2 N–H and O–H groups in total. The van der Waals surface area contributed by atoms with E-state index in [1.807, 2.05) is 13.1 Å². The van der Waals surface area contributed by atoms with Gasteiger partial charge in [0.2, 0.25) is 0 Å². The molecule has 0 radical (unpaired) electrons. The van der Waals surface area contributed by atoms with Crippen LogP contribution in [-0.4, -0.2) is 17.0 Å². The molecule has 5 heteroatoms. The number of nitrogens with one attached hydrogen (secondary N) is 2. The summed E-state index contributed by atoms with van der Waals surface area (Å²) in [6, 6.07) is 8.20. The minimum absolute atomic E-state index is 0.225. The van der Waals surface area contributed by atoms with Crippen molar-refractivity contribution in [2.45, 2.75) is 13.1 Å². The van der Waals surface area contributed by atoms with Crippen LogP contribution in [0.15, 0.2) is 36.5 Å². The molecular weight excluding hydrogens is 231 g/mol. The van der Waals surface area contributed by atoms with E-state index < -0.39 is 0 Å². The summed E-state index contributed by atoms with van der Waals surface area (Å²) in [7, 11) is 1.85. The van der Waals surface area contributed by atoms with Crippen LogP contribution >= 0.6 is 0 Å². The second-order valence-corrected chi connectivity index (χ2v) is 3.87. The number of benzene rings is 1. The van der Waals surface area contributed by atoms with Crippen LogP contribution in [0.1, 0.15) is 11.4 Å². The molecule has 2 rings (SSSR count). The summed E-state index contributed by atoms with van der Waals surface area (Å²) in [4.78, 5) is 8.47. The number of halogens is 1. The standard InChI is InChI=1S/C13H15FN4/c1-15-9-13-16-7-6-12(18-13)17-8-10-2-4-11(14)5-3-10/h2-7,15H,8-9H2,1H3,(H,16,17,18). The summed E-state index contributed by atoms with van der Waals surface area (Å²) < 4.78 is 12.7. The van der Waals surface area contributed by atoms with Gasteiger partial charge in [0.15, 0.2) is 0 Å². The van der Waals surface area contributed by atoms with E-state index in [0.717, 1.165) is 17.2 Å². The number of aromatic nitrogens is 2. The minimum atomic E-state index is -0.225. The van der Waals surface area contributed by atoms with Gasteiger partial charge < -0.3 is 10.6 Å². The van der Waals surface area contributed by atoms with E-state index in [-0.39, 0.29) is 5.82 Å². The van der Waals surface area contributed by atoms with Crippen LogP contribution < -0.4 is 10.6 Å². The van der Waals surface area contributed by atoms with Gasteiger partial charge in [-0.25, -0.2) is 14.4 Å². The third-order valence-electron chi connectivity index (χ3n) is 2.43. The maximum Gasteiger partial charge on any atom is 0.144 e. The van der Waals surface area contributed by atoms with Gasteiger partial charge in [0.25, 0.3) is 0 Å². The van der Waals surface area contributed by atoms with Crippen LogP contribution in [0.5, 0.6) is 0 Å². The molecule has 0 unspecified atom stereocenters. The smallest absolute Gasteiger partial charge is 0.144 e. The van der Waals surface area contributed by atoms with Crippen LogP contribution in [0.2, 0.25) is 0 Å². The van der Waals surface area contributed by atoms with Gasteiger partial charge in [-0.3, -0.25) is 0 Å². The van der Waals surface area contributed by atoms with Gasteiger partial charge in [0.1, 0.15) is 17.5 Å². The fraction of sp³-hybridized carbons (Fsp3) is 0.231. The molecular formula is C13H15FN4. The third kappa shape index (κ3) is 3.49. The fourth-order valence-electron chi connectivity index (χ4n) is 1.54. The molecule has 0 fully saturated rings. The second-order valence-electron chi connectivity index (χ2n) is 3.87. The lowest BCUT2D eigenvalue weighted by molar-refractivity contribution is 0.627. The number of nitrogens with zero attached hydrogens (tertiary/aromatic N) is 2. The van der Waals surface area contributed by atoms with Crippen molar-refractivity contribution in [2.24, 2.45) is 0 Å². The molecule has 4 nitrogen and oxygen atoms in total. The van der Waals surface area contributed by atoms with E-state index in [9.17, 15) is 4.39 Å². The zero-order valence-corrected chi connectivity index (χ0v) is 10.2. The first-order valence-corrected chi connectivity index (χ1v) is 5.73. The largest absolute Gasteiger partial charge is 0.366 e. The third-order valence-corrected chi connectivity index (χ3v) is 2.43. The number of rotatable bonds is 5. The van der Waals surface area contributed by atoms with Gasteiger partial charge in [-0.15, -0.1) is 0 Å². The Hall–Kier alpha value is -2.01. The highest BCUT2D eigenvalue weighted by Gasteiger charge is 1.99. The molecule has 94 valence electrons. The Labute approximate surface area is 105 Å². The average molecular weight is 246 g/mol. The van der Waals surface area contributed by atoms with Crippen molar-refractivity contribution in [3.05, 3.63) is 53.7 Å². The molecule has 0 saturated heterocycles. The van der Waals surface area contributed by atoms with Crippen LogP contribution in [0.3, 0.4) is 0 Å². The Morgan fingerprint density at radius 3 is 2.61 bits per heavy atom. The lowest BCUT2D eigenvalue weighted by atomic mass is 10.2. The van der Waals surface area contributed by atoms with Crippen molar-refractivity contribution < 1.29 is 4.39 Å². The summed E-state index contributed by atoms with van der Waals surface area (Å²) in [5.74, 6) is 1.28. The first-order valence-electron chi connectivity index (χ1n) is 5.73. The topological polar surface area (TPSA) is 49.8 Å². The lowest BCUT2D eigenvalue weighted by Gasteiger charge is -2.07. The van der Waals surface area contributed by atoms with E-state index in [1.165, 1.54) is 12.1 Å². The highest BCUT2D eigenvalue weighted by atomic mass is 19.1. The molecule has 0 aliphatic carbocycles. The van der Waals surface area contributed by atoms with Crippen molar-refractivity contribution in [3.8, 4) is 0 Å². The Kier molecular flexibility index (Phi) is 4.20. The highest BCUT2D eigenvalue weighted by Crippen LogP contribution is 2.07. The molecule has 0 atom stereocenters. The van der Waals surface area contributed by atoms with Gasteiger partial charge in [-0.05, 0) is 30.8 Å². The van der Waals surface area contributed by atoms with Gasteiger partial charge in [-0.2, -0.15) is 0 Å². The summed E-state index contributed by atoms with van der Waals surface area (Å²) in [5.41, 5.74) is 1.00. The minimum Gasteiger partial charge on any atom is -0.366 e. The molecule has 2 aromatic rings. The fourth-order valence-corrected chi connectivity index (χ4v) is 1.54. The Bertz CT molecular complexity index is 499. The summed E-state index contributed by atoms with van der Waals surface area (Å²) >= 11 is 0. The van der Waals surface area contributed by atoms with Gasteiger partial charge in [-0.1, -0.05) is 12.1 Å². The quantitative estimate of drug-likeness (QED) is 0.846. The normalized spacial score (nSPS) is 10.3. The summed E-state index contributed by atoms with van der Waals surface area (Å²) in [5, 5.41) is 6.17. The van der Waals surface area contributed by atoms with Gasteiger partial charge in [0, 0.05) is 12.7 Å². The first-order chi connectivity index (χ1) is 8.78. The zero-order chi connectivity index (χ0) is 12.8. The zero-order valence-electron chi connectivity index (χ0n) is 10.2. The van der Waals surface area contributed by atoms with Crippen molar-refractivity contribution >= 4 is 5.82 Å². The SMILES string of the molecule is CNCc1nccc(NCc2ccc(F)cc2)n1. The van der Waals surface area contributed by atoms with Crippen LogP contribution in [0.4, 0.5) is 10.2 Å². The molecule has 0 bridgehead atoms. The monoisotopic (exact) mass is 246 g/mol. The van der Waals surface area contributed by atoms with E-state index in [1.54, 1.807) is 18.3 Å². The van der Waals surface area contributed by atoms with Crippen LogP contribution in [0, 0.1) is 5.82 Å². The maximum absolute atomic E-state index is 12.7. The predicted octanol–water partition coefficient (Wildman–Crippen LogP) is 1.95. The van der Waals surface area contributed by atoms with Crippen molar-refractivity contribution in [1.29, 1.82) is 0 Å². The molecule has 18 heavy (non-hydrogen) atoms. The molecule has 0 spiro atoms. The molecule has 0 saturated carbocycles. The molecule has 0 aliphatic heterocycles. The summed E-state index contributed by atoms with van der Waals surface area (Å²) in [6.07, 6.45) is 1.71. The van der Waals surface area contributed by atoms with Gasteiger partial charge >= 0.3 is 0 Å². The Morgan fingerprint density at radius 1 is 1.11 bits per heavy atom. The molecule has 0 amide bonds. The Morgan fingerprint density at radius 2 is 1.89 bits per heavy atom. The van der Waals surface area contributed by atoms with Gasteiger partial charge in [0.05, 0.1) is 6.54 Å². The van der Waals surface area contributed by atoms with Crippen molar-refractivity contribution in [3.63, 3.8) is 0 Å². The lowest BCUT2D eigenvalue weighted by Crippen LogP contribution is -2.10. The van der Waals surface area contributed by atoms with Crippen molar-refractivity contribution in [1.82, 2.24) is 15.3 Å². The first kappa shape index (κ1) is 12.4. The second kappa shape index (κ2) is 6.07. The van der Waals surface area contributed by atoms with E-state index in [4.69, 9.17) is 0 Å². The van der Waals surface area contributed by atoms with E-state index in [2.05, 4.69) is 20.6 Å². The Balaban J connectivity index is 1.97. The molecule has 1 aromatic carbocycles. The molecule has 0 aliphatic rings. The molecule has 1 aromatic heterocycles. The average Bonchev–Trinajstić information content (AvgIpc) is 2.39. The van der Waals surface area contributed by atoms with E-state index >= 15 is 0 Å². The predicted molar refractivity (Wildman–Crippen MR) is 68.5 cm³/mol. The summed E-state index contributed by atoms with van der Waals surface area (Å²) in [6.45, 7) is 1.24. The molecule has 1 heterocycles. The highest BCUT2D eigenvalue weighted by molar-refractivity contribution is 5.34.